The Morgan fingerprint density at radius 2 is 1.76 bits per heavy atom. The van der Waals surface area contributed by atoms with Crippen LogP contribution in [0.4, 0.5) is 5.69 Å². The first-order valence-corrected chi connectivity index (χ1v) is 10.2. The van der Waals surface area contributed by atoms with Crippen LogP contribution in [0, 0.1) is 13.8 Å². The Hall–Kier alpha value is -1.44. The first-order valence-electron chi connectivity index (χ1n) is 8.76. The van der Waals surface area contributed by atoms with Crippen LogP contribution in [0.1, 0.15) is 45.2 Å². The number of hydrogen-bond donors (Lipinski definition) is 1. The Kier molecular flexibility index (Phi) is 8.05. The molecule has 1 atom stereocenters. The lowest BCUT2D eigenvalue weighted by atomic mass is 10.1. The minimum atomic E-state index is -3.58. The van der Waals surface area contributed by atoms with E-state index in [4.69, 9.17) is 4.74 Å². The highest BCUT2D eigenvalue weighted by atomic mass is 32.2. The van der Waals surface area contributed by atoms with Crippen LogP contribution in [-0.2, 0) is 19.6 Å². The van der Waals surface area contributed by atoms with E-state index in [1.54, 1.807) is 19.9 Å². The topological polar surface area (TPSA) is 75.7 Å². The number of benzene rings is 1. The maximum atomic E-state index is 12.8. The van der Waals surface area contributed by atoms with Crippen molar-refractivity contribution in [3.05, 3.63) is 23.3 Å². The second-order valence-corrected chi connectivity index (χ2v) is 7.78. The van der Waals surface area contributed by atoms with Crippen molar-refractivity contribution in [3.8, 4) is 0 Å². The first kappa shape index (κ1) is 21.6. The molecule has 1 aromatic carbocycles. The van der Waals surface area contributed by atoms with Gasteiger partial charge in [-0.3, -0.25) is 4.79 Å². The number of amides is 1. The third-order valence-electron chi connectivity index (χ3n) is 4.27. The van der Waals surface area contributed by atoms with Gasteiger partial charge in [-0.05, 0) is 50.5 Å². The van der Waals surface area contributed by atoms with E-state index < -0.39 is 16.1 Å². The zero-order chi connectivity index (χ0) is 19.2. The summed E-state index contributed by atoms with van der Waals surface area (Å²) in [6.45, 7) is 12.3. The van der Waals surface area contributed by atoms with E-state index in [0.29, 0.717) is 31.8 Å². The van der Waals surface area contributed by atoms with Gasteiger partial charge in [-0.2, -0.15) is 4.31 Å². The second kappa shape index (κ2) is 9.31. The van der Waals surface area contributed by atoms with E-state index >= 15 is 0 Å². The van der Waals surface area contributed by atoms with Gasteiger partial charge in [0.05, 0.1) is 4.90 Å². The van der Waals surface area contributed by atoms with Crippen molar-refractivity contribution in [2.45, 2.75) is 59.0 Å². The molecule has 0 aromatic heterocycles. The highest BCUT2D eigenvalue weighted by molar-refractivity contribution is 7.89. The van der Waals surface area contributed by atoms with Gasteiger partial charge in [-0.25, -0.2) is 8.42 Å². The van der Waals surface area contributed by atoms with Crippen molar-refractivity contribution >= 4 is 21.6 Å². The number of carbonyl (C=O) groups excluding carboxylic acids is 1. The summed E-state index contributed by atoms with van der Waals surface area (Å²) in [4.78, 5) is 12.6. The highest BCUT2D eigenvalue weighted by Crippen LogP contribution is 2.26. The number of nitrogens with one attached hydrogen (secondary N) is 1. The van der Waals surface area contributed by atoms with Crippen LogP contribution in [0.15, 0.2) is 17.0 Å². The summed E-state index contributed by atoms with van der Waals surface area (Å²) in [7, 11) is -3.58. The molecule has 0 aliphatic carbocycles. The van der Waals surface area contributed by atoms with E-state index in [1.165, 1.54) is 10.4 Å². The molecule has 25 heavy (non-hydrogen) atoms. The predicted molar refractivity (Wildman–Crippen MR) is 100 cm³/mol. The van der Waals surface area contributed by atoms with Gasteiger partial charge in [0.2, 0.25) is 10.0 Å². The molecular formula is C18H30N2O4S. The third kappa shape index (κ3) is 5.03. The molecule has 1 rings (SSSR count). The molecule has 142 valence electrons. The lowest BCUT2D eigenvalue weighted by Crippen LogP contribution is -2.32. The Morgan fingerprint density at radius 1 is 1.16 bits per heavy atom. The molecule has 0 aliphatic rings. The molecule has 1 amide bonds. The predicted octanol–water partition coefficient (Wildman–Crippen LogP) is 3.09. The van der Waals surface area contributed by atoms with E-state index in [0.717, 1.165) is 11.1 Å². The van der Waals surface area contributed by atoms with Gasteiger partial charge in [-0.15, -0.1) is 0 Å². The minimum Gasteiger partial charge on any atom is -0.369 e. The SMILES string of the molecule is CCOC(CC)C(=O)Nc1cc(S(=O)(=O)N(CC)CC)cc(C)c1C. The van der Waals surface area contributed by atoms with Crippen molar-refractivity contribution < 1.29 is 17.9 Å². The quantitative estimate of drug-likeness (QED) is 0.725. The number of ether oxygens (including phenoxy) is 1. The monoisotopic (exact) mass is 370 g/mol. The van der Waals surface area contributed by atoms with E-state index in [1.807, 2.05) is 27.7 Å². The molecule has 6 nitrogen and oxygen atoms in total. The zero-order valence-electron chi connectivity index (χ0n) is 16.0. The lowest BCUT2D eigenvalue weighted by molar-refractivity contribution is -0.127. The van der Waals surface area contributed by atoms with Gasteiger partial charge in [-0.1, -0.05) is 20.8 Å². The summed E-state index contributed by atoms with van der Waals surface area (Å²) in [6, 6.07) is 3.19. The molecule has 0 fully saturated rings. The van der Waals surface area contributed by atoms with Crippen molar-refractivity contribution in [3.63, 3.8) is 0 Å². The molecule has 0 saturated carbocycles. The van der Waals surface area contributed by atoms with Crippen LogP contribution in [0.5, 0.6) is 0 Å². The fourth-order valence-corrected chi connectivity index (χ4v) is 4.18. The van der Waals surface area contributed by atoms with Gasteiger partial charge >= 0.3 is 0 Å². The summed E-state index contributed by atoms with van der Waals surface area (Å²) < 4.78 is 32.4. The zero-order valence-corrected chi connectivity index (χ0v) is 16.9. The molecule has 0 bridgehead atoms. The van der Waals surface area contributed by atoms with Gasteiger partial charge in [0.1, 0.15) is 6.10 Å². The molecule has 0 aliphatic heterocycles. The highest BCUT2D eigenvalue weighted by Gasteiger charge is 2.24. The van der Waals surface area contributed by atoms with Crippen molar-refractivity contribution in [2.75, 3.05) is 25.0 Å². The Balaban J connectivity index is 3.26. The summed E-state index contributed by atoms with van der Waals surface area (Å²) in [5, 5.41) is 2.83. The smallest absolute Gasteiger partial charge is 0.253 e. The largest absolute Gasteiger partial charge is 0.369 e. The van der Waals surface area contributed by atoms with Crippen molar-refractivity contribution in [1.29, 1.82) is 0 Å². The van der Waals surface area contributed by atoms with Gasteiger partial charge in [0, 0.05) is 25.4 Å². The minimum absolute atomic E-state index is 0.194. The summed E-state index contributed by atoms with van der Waals surface area (Å²) in [5.74, 6) is -0.260. The molecular weight excluding hydrogens is 340 g/mol. The molecule has 7 heteroatoms. The lowest BCUT2D eigenvalue weighted by Gasteiger charge is -2.21. The maximum Gasteiger partial charge on any atom is 0.253 e. The van der Waals surface area contributed by atoms with Gasteiger partial charge in [0.15, 0.2) is 0 Å². The summed E-state index contributed by atoms with van der Waals surface area (Å²) in [6.07, 6.45) is 0.00236. The number of sulfonamides is 1. The number of rotatable bonds is 9. The average molecular weight is 371 g/mol. The molecule has 1 N–H and O–H groups in total. The van der Waals surface area contributed by atoms with Crippen molar-refractivity contribution in [1.82, 2.24) is 4.31 Å². The third-order valence-corrected chi connectivity index (χ3v) is 6.30. The van der Waals surface area contributed by atoms with Crippen LogP contribution in [0.3, 0.4) is 0 Å². The molecule has 1 aromatic rings. The number of carbonyl (C=O) groups is 1. The number of nitrogens with zero attached hydrogens (tertiary/aromatic N) is 1. The van der Waals surface area contributed by atoms with Crippen LogP contribution in [0.25, 0.3) is 0 Å². The van der Waals surface area contributed by atoms with E-state index in [9.17, 15) is 13.2 Å². The molecule has 0 saturated heterocycles. The van der Waals surface area contributed by atoms with Gasteiger partial charge in [0.25, 0.3) is 5.91 Å². The van der Waals surface area contributed by atoms with Crippen LogP contribution in [0.2, 0.25) is 0 Å². The summed E-state index contributed by atoms with van der Waals surface area (Å²) >= 11 is 0. The fraction of sp³-hybridized carbons (Fsp3) is 0.611. The standard InChI is InChI=1S/C18H30N2O4S/c1-7-17(24-10-4)18(21)19-16-12-15(11-13(5)14(16)6)25(22,23)20(8-2)9-3/h11-12,17H,7-10H2,1-6H3,(H,19,21). The Bertz CT molecular complexity index is 697. The van der Waals surface area contributed by atoms with Crippen LogP contribution < -0.4 is 5.32 Å². The second-order valence-electron chi connectivity index (χ2n) is 5.84. The molecule has 0 heterocycles. The molecule has 0 spiro atoms. The maximum absolute atomic E-state index is 12.8. The average Bonchev–Trinajstić information content (AvgIpc) is 2.57. The first-order chi connectivity index (χ1) is 11.7. The summed E-state index contributed by atoms with van der Waals surface area (Å²) in [5.41, 5.74) is 2.17. The fourth-order valence-electron chi connectivity index (χ4n) is 2.61. The molecule has 0 radical (unpaired) electrons. The van der Waals surface area contributed by atoms with Crippen LogP contribution >= 0.6 is 0 Å². The molecule has 1 unspecified atom stereocenters. The van der Waals surface area contributed by atoms with Gasteiger partial charge < -0.3 is 10.1 Å². The number of aryl methyl sites for hydroxylation is 1. The number of anilines is 1. The van der Waals surface area contributed by atoms with E-state index in [-0.39, 0.29) is 10.8 Å². The van der Waals surface area contributed by atoms with E-state index in [2.05, 4.69) is 5.32 Å². The Morgan fingerprint density at radius 3 is 2.24 bits per heavy atom. The normalized spacial score (nSPS) is 13.1. The Labute approximate surface area is 151 Å². The van der Waals surface area contributed by atoms with Crippen molar-refractivity contribution in [2.24, 2.45) is 0 Å². The van der Waals surface area contributed by atoms with Crippen LogP contribution in [-0.4, -0.2) is 44.4 Å². The number of hydrogen-bond acceptors (Lipinski definition) is 4.